The summed E-state index contributed by atoms with van der Waals surface area (Å²) in [7, 11) is 0. The van der Waals surface area contributed by atoms with E-state index in [1.54, 1.807) is 0 Å². The maximum absolute atomic E-state index is 6.13. The third kappa shape index (κ3) is 6.51. The fraction of sp³-hybridized carbons (Fsp3) is 0.0345. The predicted octanol–water partition coefficient (Wildman–Crippen LogP) is 14.7. The summed E-state index contributed by atoms with van der Waals surface area (Å²) in [5.74, 6) is 3.08. The van der Waals surface area contributed by atoms with Crippen LogP contribution in [0.2, 0.25) is 0 Å². The summed E-state index contributed by atoms with van der Waals surface area (Å²) < 4.78 is 8.38. The van der Waals surface area contributed by atoms with Crippen molar-refractivity contribution < 1.29 is 4.42 Å². The number of allylic oxidation sites excluding steroid dienone is 3. The van der Waals surface area contributed by atoms with Gasteiger partial charge in [-0.2, -0.15) is 0 Å². The maximum Gasteiger partial charge on any atom is 0.164 e. The van der Waals surface area contributed by atoms with Crippen molar-refractivity contribution in [1.82, 2.24) is 24.5 Å². The van der Waals surface area contributed by atoms with Crippen molar-refractivity contribution in [3.8, 4) is 62.4 Å². The van der Waals surface area contributed by atoms with E-state index in [1.165, 1.54) is 32.7 Å². The molecule has 6 nitrogen and oxygen atoms in total. The number of fused-ring (bicyclic) bond motifs is 7. The lowest BCUT2D eigenvalue weighted by atomic mass is 9.84. The molecular formula is C58H37N5OS. The summed E-state index contributed by atoms with van der Waals surface area (Å²) >= 11 is 1.96. The van der Waals surface area contributed by atoms with E-state index in [0.717, 1.165) is 66.7 Å². The molecule has 0 saturated heterocycles. The molecular weight excluding hydrogens is 815 g/mol. The first-order chi connectivity index (χ1) is 32.2. The number of para-hydroxylation sites is 4. The van der Waals surface area contributed by atoms with Gasteiger partial charge in [0, 0.05) is 54.8 Å². The molecule has 0 radical (unpaired) electrons. The molecule has 4 heterocycles. The normalized spacial score (nSPS) is 15.4. The second-order valence-electron chi connectivity index (χ2n) is 16.6. The second kappa shape index (κ2) is 15.3. The summed E-state index contributed by atoms with van der Waals surface area (Å²) in [5.41, 5.74) is 15.0. The molecule has 0 spiro atoms. The zero-order valence-electron chi connectivity index (χ0n) is 34.9. The number of furan rings is 1. The van der Waals surface area contributed by atoms with E-state index in [0.29, 0.717) is 17.5 Å². The van der Waals surface area contributed by atoms with E-state index >= 15 is 0 Å². The van der Waals surface area contributed by atoms with Gasteiger partial charge >= 0.3 is 0 Å². The first kappa shape index (κ1) is 37.4. The minimum Gasteiger partial charge on any atom is -0.456 e. The number of thioether (sulfide) groups is 1. The largest absolute Gasteiger partial charge is 0.456 e. The van der Waals surface area contributed by atoms with Crippen molar-refractivity contribution in [3.63, 3.8) is 0 Å². The first-order valence-electron chi connectivity index (χ1n) is 21.9. The van der Waals surface area contributed by atoms with Gasteiger partial charge in [0.25, 0.3) is 0 Å². The molecule has 0 bridgehead atoms. The van der Waals surface area contributed by atoms with E-state index in [9.17, 15) is 0 Å². The van der Waals surface area contributed by atoms with Crippen LogP contribution in [-0.2, 0) is 0 Å². The summed E-state index contributed by atoms with van der Waals surface area (Å²) in [6.07, 6.45) is 6.87. The number of rotatable bonds is 7. The Morgan fingerprint density at radius 3 is 1.89 bits per heavy atom. The standard InChI is InChI=1S/C58H37N5OS/c1-3-12-38(13-4-1)55-60-56(62-57(61-55)42-30-32-52-47(35-42)45-16-7-10-21-51(45)64-52)39-26-24-37(25-27-39)44-17-11-18-46-48-34-41(31-33-53(48)65-54(44)46)36-22-28-40(29-23-36)58-59-49-19-8-9-20-50(49)63(58)43-14-5-2-6-15-43/h1-35,46,54H. The molecule has 3 aromatic heterocycles. The smallest absolute Gasteiger partial charge is 0.164 e. The highest BCUT2D eigenvalue weighted by molar-refractivity contribution is 8.00. The van der Waals surface area contributed by atoms with Crippen LogP contribution in [0.15, 0.2) is 222 Å². The minimum atomic E-state index is 0.267. The molecule has 0 amide bonds. The molecule has 0 fully saturated rings. The summed E-state index contributed by atoms with van der Waals surface area (Å²) in [6, 6.07) is 67.8. The summed E-state index contributed by atoms with van der Waals surface area (Å²) in [5, 5.41) is 2.37. The van der Waals surface area contributed by atoms with Crippen LogP contribution >= 0.6 is 11.8 Å². The molecule has 2 aliphatic rings. The molecule has 65 heavy (non-hydrogen) atoms. The van der Waals surface area contributed by atoms with Gasteiger partial charge in [-0.25, -0.2) is 19.9 Å². The molecule has 1 aliphatic carbocycles. The maximum atomic E-state index is 6.13. The number of aromatic nitrogens is 5. The van der Waals surface area contributed by atoms with Gasteiger partial charge in [-0.05, 0) is 88.5 Å². The highest BCUT2D eigenvalue weighted by Gasteiger charge is 2.36. The van der Waals surface area contributed by atoms with E-state index in [1.807, 2.05) is 84.6 Å². The topological polar surface area (TPSA) is 69.6 Å². The van der Waals surface area contributed by atoms with Gasteiger partial charge < -0.3 is 4.42 Å². The Hall–Kier alpha value is -8.13. The van der Waals surface area contributed by atoms with Gasteiger partial charge in [0.15, 0.2) is 17.5 Å². The van der Waals surface area contributed by atoms with Gasteiger partial charge in [-0.3, -0.25) is 4.57 Å². The Kier molecular flexibility index (Phi) is 8.81. The lowest BCUT2D eigenvalue weighted by molar-refractivity contribution is 0.669. The summed E-state index contributed by atoms with van der Waals surface area (Å²) in [6.45, 7) is 0. The van der Waals surface area contributed by atoms with Crippen LogP contribution in [0, 0.1) is 0 Å². The Labute approximate surface area is 379 Å². The van der Waals surface area contributed by atoms with Crippen LogP contribution in [0.5, 0.6) is 0 Å². The Morgan fingerprint density at radius 1 is 0.462 bits per heavy atom. The highest BCUT2D eigenvalue weighted by atomic mass is 32.2. The number of imidazole rings is 1. The van der Waals surface area contributed by atoms with E-state index in [4.69, 9.17) is 24.4 Å². The average molecular weight is 852 g/mol. The number of nitrogens with zero attached hydrogens (tertiary/aromatic N) is 5. The lowest BCUT2D eigenvalue weighted by Crippen LogP contribution is -2.13. The number of hydrogen-bond donors (Lipinski definition) is 0. The Bertz CT molecular complexity index is 3680. The van der Waals surface area contributed by atoms with Crippen LogP contribution in [0.3, 0.4) is 0 Å². The molecule has 0 N–H and O–H groups in total. The van der Waals surface area contributed by atoms with Gasteiger partial charge in [-0.15, -0.1) is 11.8 Å². The van der Waals surface area contributed by atoms with Crippen LogP contribution in [0.1, 0.15) is 17.0 Å². The van der Waals surface area contributed by atoms with Crippen molar-refractivity contribution in [2.75, 3.05) is 0 Å². The van der Waals surface area contributed by atoms with Crippen LogP contribution in [-0.4, -0.2) is 29.8 Å². The van der Waals surface area contributed by atoms with E-state index in [-0.39, 0.29) is 11.2 Å². The highest BCUT2D eigenvalue weighted by Crippen LogP contribution is 2.53. The molecule has 0 saturated carbocycles. The molecule has 2 unspecified atom stereocenters. The minimum absolute atomic E-state index is 0.267. The molecule has 7 heteroatoms. The molecule has 2 atom stereocenters. The van der Waals surface area contributed by atoms with Crippen LogP contribution < -0.4 is 0 Å². The zero-order chi connectivity index (χ0) is 42.8. The summed E-state index contributed by atoms with van der Waals surface area (Å²) in [4.78, 5) is 21.5. The van der Waals surface area contributed by atoms with E-state index in [2.05, 4.69) is 144 Å². The molecule has 11 aromatic rings. The number of hydrogen-bond acceptors (Lipinski definition) is 6. The lowest BCUT2D eigenvalue weighted by Gasteiger charge is -2.23. The van der Waals surface area contributed by atoms with Crippen molar-refractivity contribution in [1.29, 1.82) is 0 Å². The quantitative estimate of drug-likeness (QED) is 0.159. The number of benzene rings is 8. The van der Waals surface area contributed by atoms with Crippen molar-refractivity contribution >= 4 is 50.3 Å². The van der Waals surface area contributed by atoms with Crippen molar-refractivity contribution in [3.05, 3.63) is 223 Å². The fourth-order valence-electron chi connectivity index (χ4n) is 9.46. The molecule has 1 aliphatic heterocycles. The van der Waals surface area contributed by atoms with Crippen molar-refractivity contribution in [2.45, 2.75) is 16.1 Å². The van der Waals surface area contributed by atoms with Gasteiger partial charge in [-0.1, -0.05) is 152 Å². The Balaban J connectivity index is 0.787. The molecule has 13 rings (SSSR count). The fourth-order valence-corrected chi connectivity index (χ4v) is 10.9. The SMILES string of the molecule is C1=CC2c3cc(-c4ccc(-c5nc6ccccc6n5-c5ccccc5)cc4)ccc3SC2C(c2ccc(-c3nc(-c4ccccc4)nc(-c4ccc5oc6ccccc6c5c4)n3)cc2)=C1. The Morgan fingerprint density at radius 2 is 1.08 bits per heavy atom. The molecule has 8 aromatic carbocycles. The third-order valence-corrected chi connectivity index (χ3v) is 14.1. The monoisotopic (exact) mass is 851 g/mol. The zero-order valence-corrected chi connectivity index (χ0v) is 35.7. The van der Waals surface area contributed by atoms with E-state index < -0.39 is 0 Å². The van der Waals surface area contributed by atoms with Gasteiger partial charge in [0.2, 0.25) is 0 Å². The van der Waals surface area contributed by atoms with Crippen LogP contribution in [0.4, 0.5) is 0 Å². The van der Waals surface area contributed by atoms with Gasteiger partial charge in [0.05, 0.1) is 11.0 Å². The average Bonchev–Trinajstić information content (AvgIpc) is 4.08. The molecule has 306 valence electrons. The van der Waals surface area contributed by atoms with Gasteiger partial charge in [0.1, 0.15) is 17.0 Å². The predicted molar refractivity (Wildman–Crippen MR) is 265 cm³/mol. The second-order valence-corrected chi connectivity index (χ2v) is 17.7. The third-order valence-electron chi connectivity index (χ3n) is 12.7. The first-order valence-corrected chi connectivity index (χ1v) is 22.7. The van der Waals surface area contributed by atoms with Crippen LogP contribution in [0.25, 0.3) is 101 Å². The van der Waals surface area contributed by atoms with Crippen molar-refractivity contribution in [2.24, 2.45) is 0 Å².